The van der Waals surface area contributed by atoms with Crippen molar-refractivity contribution in [3.63, 3.8) is 0 Å². The lowest BCUT2D eigenvalue weighted by atomic mass is 9.99. The molecule has 0 atom stereocenters. The van der Waals surface area contributed by atoms with Gasteiger partial charge in [0.25, 0.3) is 0 Å². The topological polar surface area (TPSA) is 72.6 Å². The quantitative estimate of drug-likeness (QED) is 0.566. The van der Waals surface area contributed by atoms with E-state index in [1.807, 2.05) is 50.2 Å². The fourth-order valence-corrected chi connectivity index (χ4v) is 3.21. The van der Waals surface area contributed by atoms with E-state index >= 15 is 0 Å². The van der Waals surface area contributed by atoms with Gasteiger partial charge in [-0.05, 0) is 55.3 Å². The summed E-state index contributed by atoms with van der Waals surface area (Å²) in [5, 5.41) is 11.2. The Bertz CT molecular complexity index is 1170. The van der Waals surface area contributed by atoms with Gasteiger partial charge in [0.1, 0.15) is 17.0 Å². The number of fused-ring (bicyclic) bond motifs is 2. The van der Waals surface area contributed by atoms with E-state index in [1.54, 1.807) is 13.2 Å². The highest BCUT2D eigenvalue weighted by Crippen LogP contribution is 2.33. The second-order valence-electron chi connectivity index (χ2n) is 6.30. The second kappa shape index (κ2) is 5.88. The third-order valence-electron chi connectivity index (χ3n) is 4.58. The molecule has 0 amide bonds. The number of hydrogen-bond donors (Lipinski definition) is 1. The third kappa shape index (κ3) is 2.49. The Kier molecular flexibility index (Phi) is 3.65. The van der Waals surface area contributed by atoms with Crippen molar-refractivity contribution in [1.82, 2.24) is 4.98 Å². The van der Waals surface area contributed by atoms with Crippen molar-refractivity contribution in [3.8, 4) is 17.2 Å². The van der Waals surface area contributed by atoms with Crippen molar-refractivity contribution in [1.29, 1.82) is 0 Å². The number of carboxylic acids is 1. The molecule has 5 heteroatoms. The van der Waals surface area contributed by atoms with E-state index in [4.69, 9.17) is 14.1 Å². The number of ether oxygens (including phenoxy) is 1. The highest BCUT2D eigenvalue weighted by molar-refractivity contribution is 6.06. The van der Waals surface area contributed by atoms with Gasteiger partial charge in [-0.25, -0.2) is 9.78 Å². The molecule has 0 aliphatic rings. The molecule has 0 spiro atoms. The van der Waals surface area contributed by atoms with Crippen LogP contribution in [0.1, 0.15) is 21.5 Å². The van der Waals surface area contributed by atoms with Crippen LogP contribution in [0.5, 0.6) is 5.75 Å². The van der Waals surface area contributed by atoms with Crippen molar-refractivity contribution in [2.45, 2.75) is 13.8 Å². The van der Waals surface area contributed by atoms with Crippen LogP contribution in [0, 0.1) is 13.8 Å². The molecular weight excluding hydrogens is 330 g/mol. The van der Waals surface area contributed by atoms with Crippen molar-refractivity contribution in [3.05, 3.63) is 59.2 Å². The van der Waals surface area contributed by atoms with Gasteiger partial charge in [0.2, 0.25) is 0 Å². The van der Waals surface area contributed by atoms with Crippen LogP contribution in [0.2, 0.25) is 0 Å². The first-order valence-electron chi connectivity index (χ1n) is 8.20. The molecule has 0 fully saturated rings. The second-order valence-corrected chi connectivity index (χ2v) is 6.30. The van der Waals surface area contributed by atoms with E-state index in [-0.39, 0.29) is 5.56 Å². The summed E-state index contributed by atoms with van der Waals surface area (Å²) >= 11 is 0. The first kappa shape index (κ1) is 16.1. The Morgan fingerprint density at radius 1 is 1.08 bits per heavy atom. The summed E-state index contributed by atoms with van der Waals surface area (Å²) in [7, 11) is 1.61. The average molecular weight is 347 g/mol. The maximum Gasteiger partial charge on any atom is 0.336 e. The molecule has 1 N–H and O–H groups in total. The van der Waals surface area contributed by atoms with Crippen LogP contribution in [0.15, 0.2) is 46.9 Å². The molecule has 0 aliphatic carbocycles. The van der Waals surface area contributed by atoms with Crippen LogP contribution in [-0.4, -0.2) is 23.2 Å². The van der Waals surface area contributed by atoms with E-state index in [2.05, 4.69) is 0 Å². The van der Waals surface area contributed by atoms with E-state index in [0.717, 1.165) is 22.3 Å². The molecule has 4 rings (SSSR count). The predicted molar refractivity (Wildman–Crippen MR) is 99.9 cm³/mol. The molecule has 26 heavy (non-hydrogen) atoms. The van der Waals surface area contributed by atoms with Gasteiger partial charge in [-0.3, -0.25) is 0 Å². The van der Waals surface area contributed by atoms with E-state index in [1.165, 1.54) is 0 Å². The lowest BCUT2D eigenvalue weighted by Gasteiger charge is -2.10. The minimum Gasteiger partial charge on any atom is -0.497 e. The fourth-order valence-electron chi connectivity index (χ4n) is 3.21. The monoisotopic (exact) mass is 347 g/mol. The highest BCUT2D eigenvalue weighted by atomic mass is 16.5. The van der Waals surface area contributed by atoms with Crippen LogP contribution in [-0.2, 0) is 0 Å². The molecule has 0 aliphatic heterocycles. The molecule has 4 aromatic rings. The van der Waals surface area contributed by atoms with Crippen LogP contribution in [0.3, 0.4) is 0 Å². The molecule has 2 aromatic heterocycles. The maximum absolute atomic E-state index is 11.8. The van der Waals surface area contributed by atoms with Gasteiger partial charge in [-0.15, -0.1) is 0 Å². The van der Waals surface area contributed by atoms with E-state index in [0.29, 0.717) is 27.9 Å². The number of methoxy groups -OCH3 is 1. The van der Waals surface area contributed by atoms with Gasteiger partial charge in [-0.2, -0.15) is 0 Å². The number of carboxylic acid groups (broad SMARTS) is 1. The van der Waals surface area contributed by atoms with Gasteiger partial charge < -0.3 is 14.3 Å². The maximum atomic E-state index is 11.8. The van der Waals surface area contributed by atoms with Crippen molar-refractivity contribution >= 4 is 27.8 Å². The molecule has 0 unspecified atom stereocenters. The summed E-state index contributed by atoms with van der Waals surface area (Å²) in [6, 6.07) is 12.8. The minimum absolute atomic E-state index is 0.226. The Labute approximate surface area is 149 Å². The normalized spacial score (nSPS) is 11.2. The summed E-state index contributed by atoms with van der Waals surface area (Å²) < 4.78 is 11.1. The Morgan fingerprint density at radius 2 is 1.85 bits per heavy atom. The molecule has 0 bridgehead atoms. The molecule has 5 nitrogen and oxygen atoms in total. The SMILES string of the molecule is COc1ccc2oc(-c3cc(C(=O)O)c4c(C)ccc(C)c4n3)cc2c1. The molecule has 0 saturated heterocycles. The van der Waals surface area contributed by atoms with Crippen molar-refractivity contribution in [2.75, 3.05) is 7.11 Å². The van der Waals surface area contributed by atoms with Crippen LogP contribution >= 0.6 is 0 Å². The number of aromatic carboxylic acids is 1. The van der Waals surface area contributed by atoms with Crippen LogP contribution < -0.4 is 4.74 Å². The lowest BCUT2D eigenvalue weighted by Crippen LogP contribution is -2.02. The highest BCUT2D eigenvalue weighted by Gasteiger charge is 2.18. The summed E-state index contributed by atoms with van der Waals surface area (Å²) in [5.41, 5.74) is 3.91. The predicted octanol–water partition coefficient (Wildman–Crippen LogP) is 4.97. The fraction of sp³-hybridized carbons (Fsp3) is 0.143. The first-order valence-corrected chi connectivity index (χ1v) is 8.20. The first-order chi connectivity index (χ1) is 12.5. The number of furan rings is 1. The van der Waals surface area contributed by atoms with Gasteiger partial charge in [0, 0.05) is 10.8 Å². The van der Waals surface area contributed by atoms with E-state index < -0.39 is 5.97 Å². The zero-order valence-corrected chi connectivity index (χ0v) is 14.7. The number of carbonyl (C=O) groups is 1. The summed E-state index contributed by atoms with van der Waals surface area (Å²) in [6.07, 6.45) is 0. The standard InChI is InChI=1S/C21H17NO4/c1-11-4-5-12(2)20-19(11)15(21(23)24)10-16(22-20)18-9-13-8-14(25-3)6-7-17(13)26-18/h4-10H,1-3H3,(H,23,24). The van der Waals surface area contributed by atoms with Crippen molar-refractivity contribution < 1.29 is 19.1 Å². The van der Waals surface area contributed by atoms with Gasteiger partial charge >= 0.3 is 5.97 Å². The molecule has 2 aromatic carbocycles. The Hall–Kier alpha value is -3.34. The smallest absolute Gasteiger partial charge is 0.336 e. The van der Waals surface area contributed by atoms with Crippen LogP contribution in [0.25, 0.3) is 33.3 Å². The van der Waals surface area contributed by atoms with Gasteiger partial charge in [0.15, 0.2) is 5.76 Å². The van der Waals surface area contributed by atoms with E-state index in [9.17, 15) is 9.90 Å². The third-order valence-corrected chi connectivity index (χ3v) is 4.58. The Balaban J connectivity index is 2.00. The minimum atomic E-state index is -0.981. The van der Waals surface area contributed by atoms with Gasteiger partial charge in [0.05, 0.1) is 18.2 Å². The Morgan fingerprint density at radius 3 is 2.58 bits per heavy atom. The number of rotatable bonds is 3. The number of benzene rings is 2. The summed E-state index contributed by atoms with van der Waals surface area (Å²) in [6.45, 7) is 3.82. The average Bonchev–Trinajstić information content (AvgIpc) is 3.07. The number of hydrogen-bond acceptors (Lipinski definition) is 4. The molecular formula is C21H17NO4. The van der Waals surface area contributed by atoms with Gasteiger partial charge in [-0.1, -0.05) is 12.1 Å². The zero-order chi connectivity index (χ0) is 18.4. The summed E-state index contributed by atoms with van der Waals surface area (Å²) in [4.78, 5) is 16.5. The number of aryl methyl sites for hydroxylation is 2. The number of pyridine rings is 1. The van der Waals surface area contributed by atoms with Crippen molar-refractivity contribution in [2.24, 2.45) is 0 Å². The van der Waals surface area contributed by atoms with Crippen LogP contribution in [0.4, 0.5) is 0 Å². The summed E-state index contributed by atoms with van der Waals surface area (Å²) in [5.74, 6) is 0.276. The molecule has 0 saturated carbocycles. The lowest BCUT2D eigenvalue weighted by molar-refractivity contribution is 0.0699. The zero-order valence-electron chi connectivity index (χ0n) is 14.7. The molecule has 0 radical (unpaired) electrons. The molecule has 130 valence electrons. The molecule has 2 heterocycles. The largest absolute Gasteiger partial charge is 0.497 e. The number of nitrogens with zero attached hydrogens (tertiary/aromatic N) is 1. The number of aromatic nitrogens is 1.